The second-order valence-corrected chi connectivity index (χ2v) is 6.35. The molecule has 17 heavy (non-hydrogen) atoms. The molecule has 1 unspecified atom stereocenters. The molecule has 0 radical (unpaired) electrons. The van der Waals surface area contributed by atoms with Gasteiger partial charge in [-0.05, 0) is 36.2 Å². The first-order valence-corrected chi connectivity index (χ1v) is 7.13. The smallest absolute Gasteiger partial charge is 0.0931 e. The van der Waals surface area contributed by atoms with Crippen molar-refractivity contribution in [2.75, 3.05) is 0 Å². The summed E-state index contributed by atoms with van der Waals surface area (Å²) in [5.41, 5.74) is 4.07. The molecule has 0 bridgehead atoms. The summed E-state index contributed by atoms with van der Waals surface area (Å²) in [4.78, 5) is 1.15. The Labute approximate surface area is 118 Å². The minimum atomic E-state index is 0.105. The molecule has 0 fully saturated rings. The normalized spacial score (nSPS) is 12.6. The minimum absolute atomic E-state index is 0.105. The number of nitrogens with one attached hydrogen (secondary N) is 1. The molecule has 1 heterocycles. The Hall–Kier alpha value is -0.390. The fraction of sp³-hybridized carbons (Fsp3) is 0.167. The zero-order chi connectivity index (χ0) is 12.3. The highest BCUT2D eigenvalue weighted by Gasteiger charge is 2.12. The number of hydrogen-bond donors (Lipinski definition) is 2. The Balaban J connectivity index is 2.12. The van der Waals surface area contributed by atoms with Gasteiger partial charge >= 0.3 is 0 Å². The van der Waals surface area contributed by atoms with Crippen LogP contribution in [0.25, 0.3) is 0 Å². The lowest BCUT2D eigenvalue weighted by molar-refractivity contribution is 0.560. The van der Waals surface area contributed by atoms with Crippen molar-refractivity contribution in [1.82, 2.24) is 5.43 Å². The number of hydrogen-bond acceptors (Lipinski definition) is 3. The molecule has 0 saturated carbocycles. The molecular weight excluding hydrogens is 320 g/mol. The van der Waals surface area contributed by atoms with Gasteiger partial charge < -0.3 is 0 Å². The van der Waals surface area contributed by atoms with Crippen LogP contribution in [0.2, 0.25) is 4.34 Å². The van der Waals surface area contributed by atoms with Crippen LogP contribution < -0.4 is 11.3 Å². The van der Waals surface area contributed by atoms with Crippen molar-refractivity contribution >= 4 is 38.9 Å². The highest BCUT2D eigenvalue weighted by molar-refractivity contribution is 9.10. The average Bonchev–Trinajstić information content (AvgIpc) is 2.75. The Kier molecular flexibility index (Phi) is 4.59. The second kappa shape index (κ2) is 5.98. The summed E-state index contributed by atoms with van der Waals surface area (Å²) in [5, 5.41) is 0. The molecule has 2 nitrogen and oxygen atoms in total. The maximum atomic E-state index is 5.93. The summed E-state index contributed by atoms with van der Waals surface area (Å²) < 4.78 is 1.87. The monoisotopic (exact) mass is 330 g/mol. The van der Waals surface area contributed by atoms with Crippen molar-refractivity contribution in [2.45, 2.75) is 12.5 Å². The van der Waals surface area contributed by atoms with Crippen LogP contribution in [0.5, 0.6) is 0 Å². The SMILES string of the molecule is NNC(Cc1ccc(Br)cc1)c1ccc(Cl)s1. The molecule has 2 aromatic rings. The van der Waals surface area contributed by atoms with Crippen LogP contribution >= 0.6 is 38.9 Å². The van der Waals surface area contributed by atoms with Crippen LogP contribution in [0.1, 0.15) is 16.5 Å². The summed E-state index contributed by atoms with van der Waals surface area (Å²) in [5.74, 6) is 5.60. The molecule has 0 spiro atoms. The van der Waals surface area contributed by atoms with Gasteiger partial charge in [0.15, 0.2) is 0 Å². The Bertz CT molecular complexity index is 484. The van der Waals surface area contributed by atoms with E-state index in [4.69, 9.17) is 17.4 Å². The van der Waals surface area contributed by atoms with Crippen molar-refractivity contribution in [2.24, 2.45) is 5.84 Å². The maximum Gasteiger partial charge on any atom is 0.0931 e. The zero-order valence-electron chi connectivity index (χ0n) is 8.99. The number of nitrogens with two attached hydrogens (primary N) is 1. The van der Waals surface area contributed by atoms with Crippen LogP contribution in [0.15, 0.2) is 40.9 Å². The average molecular weight is 332 g/mol. The summed E-state index contributed by atoms with van der Waals surface area (Å²) >= 11 is 10.9. The lowest BCUT2D eigenvalue weighted by Crippen LogP contribution is -2.28. The number of benzene rings is 1. The van der Waals surface area contributed by atoms with Crippen LogP contribution in [0.3, 0.4) is 0 Å². The number of rotatable bonds is 4. The van der Waals surface area contributed by atoms with E-state index in [1.165, 1.54) is 5.56 Å². The molecule has 0 saturated heterocycles. The van der Waals surface area contributed by atoms with Gasteiger partial charge in [-0.2, -0.15) is 0 Å². The molecule has 0 aliphatic carbocycles. The zero-order valence-corrected chi connectivity index (χ0v) is 12.1. The van der Waals surface area contributed by atoms with E-state index >= 15 is 0 Å². The molecular formula is C12H12BrClN2S. The number of hydrazine groups is 1. The van der Waals surface area contributed by atoms with E-state index in [-0.39, 0.29) is 6.04 Å². The quantitative estimate of drug-likeness (QED) is 0.658. The number of thiophene rings is 1. The molecule has 0 aliphatic heterocycles. The van der Waals surface area contributed by atoms with Gasteiger partial charge in [-0.1, -0.05) is 39.7 Å². The van der Waals surface area contributed by atoms with Crippen molar-refractivity contribution < 1.29 is 0 Å². The van der Waals surface area contributed by atoms with Crippen LogP contribution in [0, 0.1) is 0 Å². The first kappa shape index (κ1) is 13.1. The Morgan fingerprint density at radius 3 is 2.47 bits per heavy atom. The predicted octanol–water partition coefficient (Wildman–Crippen LogP) is 3.91. The molecule has 1 aromatic heterocycles. The van der Waals surface area contributed by atoms with Crippen molar-refractivity contribution in [3.05, 3.63) is 55.6 Å². The minimum Gasteiger partial charge on any atom is -0.271 e. The summed E-state index contributed by atoms with van der Waals surface area (Å²) in [7, 11) is 0. The van der Waals surface area contributed by atoms with E-state index in [0.717, 1.165) is 20.1 Å². The van der Waals surface area contributed by atoms with Gasteiger partial charge in [-0.3, -0.25) is 11.3 Å². The molecule has 90 valence electrons. The first-order valence-electron chi connectivity index (χ1n) is 5.15. The summed E-state index contributed by atoms with van der Waals surface area (Å²) in [6, 6.07) is 12.2. The summed E-state index contributed by atoms with van der Waals surface area (Å²) in [6.45, 7) is 0. The lowest BCUT2D eigenvalue weighted by Gasteiger charge is -2.14. The van der Waals surface area contributed by atoms with Gasteiger partial charge in [0.2, 0.25) is 0 Å². The van der Waals surface area contributed by atoms with E-state index in [0.29, 0.717) is 0 Å². The standard InChI is InChI=1S/C12H12BrClN2S/c13-9-3-1-8(2-4-9)7-10(16-15)11-5-6-12(14)17-11/h1-6,10,16H,7,15H2. The summed E-state index contributed by atoms with van der Waals surface area (Å²) in [6.07, 6.45) is 0.848. The molecule has 1 aromatic carbocycles. The Morgan fingerprint density at radius 2 is 1.94 bits per heavy atom. The topological polar surface area (TPSA) is 38.0 Å². The van der Waals surface area contributed by atoms with Crippen molar-refractivity contribution in [3.8, 4) is 0 Å². The highest BCUT2D eigenvalue weighted by Crippen LogP contribution is 2.28. The highest BCUT2D eigenvalue weighted by atomic mass is 79.9. The predicted molar refractivity (Wildman–Crippen MR) is 77.2 cm³/mol. The lowest BCUT2D eigenvalue weighted by atomic mass is 10.1. The van der Waals surface area contributed by atoms with Crippen molar-refractivity contribution in [1.29, 1.82) is 0 Å². The largest absolute Gasteiger partial charge is 0.271 e. The van der Waals surface area contributed by atoms with Gasteiger partial charge in [-0.15, -0.1) is 11.3 Å². The molecule has 0 amide bonds. The van der Waals surface area contributed by atoms with Gasteiger partial charge in [0.05, 0.1) is 10.4 Å². The van der Waals surface area contributed by atoms with Gasteiger partial charge in [0.25, 0.3) is 0 Å². The van der Waals surface area contributed by atoms with Crippen LogP contribution in [0.4, 0.5) is 0 Å². The fourth-order valence-electron chi connectivity index (χ4n) is 1.61. The first-order chi connectivity index (χ1) is 8.19. The van der Waals surface area contributed by atoms with Gasteiger partial charge in [-0.25, -0.2) is 0 Å². The fourth-order valence-corrected chi connectivity index (χ4v) is 3.00. The Morgan fingerprint density at radius 1 is 1.24 bits per heavy atom. The molecule has 2 rings (SSSR count). The van der Waals surface area contributed by atoms with E-state index in [1.807, 2.05) is 24.3 Å². The van der Waals surface area contributed by atoms with E-state index in [2.05, 4.69) is 33.5 Å². The van der Waals surface area contributed by atoms with Gasteiger partial charge in [0.1, 0.15) is 0 Å². The second-order valence-electron chi connectivity index (χ2n) is 3.69. The van der Waals surface area contributed by atoms with Crippen LogP contribution in [-0.2, 0) is 6.42 Å². The number of halogens is 2. The van der Waals surface area contributed by atoms with E-state index in [1.54, 1.807) is 11.3 Å². The van der Waals surface area contributed by atoms with Crippen LogP contribution in [-0.4, -0.2) is 0 Å². The van der Waals surface area contributed by atoms with Crippen molar-refractivity contribution in [3.63, 3.8) is 0 Å². The third-order valence-electron chi connectivity index (χ3n) is 2.49. The third-order valence-corrected chi connectivity index (χ3v) is 4.37. The van der Waals surface area contributed by atoms with E-state index < -0.39 is 0 Å². The van der Waals surface area contributed by atoms with E-state index in [9.17, 15) is 0 Å². The molecule has 0 aliphatic rings. The maximum absolute atomic E-state index is 5.93. The van der Waals surface area contributed by atoms with Gasteiger partial charge in [0, 0.05) is 9.35 Å². The third kappa shape index (κ3) is 3.53. The molecule has 5 heteroatoms. The molecule has 1 atom stereocenters. The molecule has 3 N–H and O–H groups in total.